The molecule has 0 aromatic carbocycles. The van der Waals surface area contributed by atoms with Crippen LogP contribution in [0.1, 0.15) is 6.42 Å². The molecule has 0 unspecified atom stereocenters. The summed E-state index contributed by atoms with van der Waals surface area (Å²) in [7, 11) is 0. The summed E-state index contributed by atoms with van der Waals surface area (Å²) in [6.07, 6.45) is 4.77. The van der Waals surface area contributed by atoms with Gasteiger partial charge in [0.05, 0.1) is 10.1 Å². The lowest BCUT2D eigenvalue weighted by molar-refractivity contribution is 0.416. The summed E-state index contributed by atoms with van der Waals surface area (Å²) in [4.78, 5) is -2.18. The van der Waals surface area contributed by atoms with Gasteiger partial charge in [-0.15, -0.1) is 23.2 Å². The van der Waals surface area contributed by atoms with Crippen LogP contribution < -0.4 is 0 Å². The third kappa shape index (κ3) is 0.940. The van der Waals surface area contributed by atoms with Gasteiger partial charge in [-0.05, 0) is 12.3 Å². The molecule has 0 N–H and O–H groups in total. The van der Waals surface area contributed by atoms with Crippen LogP contribution in [0.3, 0.4) is 0 Å². The molecule has 0 heterocycles. The zero-order valence-electron chi connectivity index (χ0n) is 7.78. The summed E-state index contributed by atoms with van der Waals surface area (Å²) in [6, 6.07) is 0. The molecule has 0 radical (unpaired) electrons. The molecule has 2 bridgehead atoms. The number of rotatable bonds is 0. The molecule has 4 atom stereocenters. The number of allylic oxidation sites excluding steroid dienone is 4. The summed E-state index contributed by atoms with van der Waals surface area (Å²) < 4.78 is -1.38. The maximum absolute atomic E-state index is 6.56. The third-order valence-electron chi connectivity index (χ3n) is 3.88. The van der Waals surface area contributed by atoms with Crippen molar-refractivity contribution in [3.05, 3.63) is 22.2 Å². The van der Waals surface area contributed by atoms with Gasteiger partial charge in [0.2, 0.25) is 0 Å². The first kappa shape index (κ1) is 12.3. The quantitative estimate of drug-likeness (QED) is 0.429. The number of alkyl halides is 4. The van der Waals surface area contributed by atoms with Gasteiger partial charge in [0.1, 0.15) is 9.75 Å². The normalized spacial score (nSPS) is 52.6. The van der Waals surface area contributed by atoms with Crippen molar-refractivity contribution in [3.8, 4) is 0 Å². The minimum atomic E-state index is -1.38. The molecule has 0 amide bonds. The van der Waals surface area contributed by atoms with Gasteiger partial charge in [-0.1, -0.05) is 58.6 Å². The van der Waals surface area contributed by atoms with Crippen LogP contribution in [0.25, 0.3) is 0 Å². The van der Waals surface area contributed by atoms with Gasteiger partial charge in [0, 0.05) is 5.92 Å². The van der Waals surface area contributed by atoms with Crippen LogP contribution in [0, 0.1) is 11.8 Å². The highest BCUT2D eigenvalue weighted by Crippen LogP contribution is 2.77. The lowest BCUT2D eigenvalue weighted by atomic mass is 9.84. The first-order valence-electron chi connectivity index (χ1n) is 4.78. The van der Waals surface area contributed by atoms with E-state index in [0.29, 0.717) is 5.03 Å². The monoisotopic (exact) mass is 336 g/mol. The fourth-order valence-corrected chi connectivity index (χ4v) is 6.12. The highest BCUT2D eigenvalue weighted by Gasteiger charge is 2.81. The zero-order valence-corrected chi connectivity index (χ0v) is 12.3. The summed E-state index contributed by atoms with van der Waals surface area (Å²) in [5, 5.41) is 0.574. The maximum Gasteiger partial charge on any atom is 0.167 e. The Kier molecular flexibility index (Phi) is 2.46. The highest BCUT2D eigenvalue weighted by atomic mass is 35.5. The van der Waals surface area contributed by atoms with Gasteiger partial charge in [-0.3, -0.25) is 0 Å². The van der Waals surface area contributed by atoms with E-state index in [2.05, 4.69) is 0 Å². The summed E-state index contributed by atoms with van der Waals surface area (Å²) in [5.41, 5.74) is 0. The minimum absolute atomic E-state index is 0.0108. The van der Waals surface area contributed by atoms with Gasteiger partial charge < -0.3 is 0 Å². The fourth-order valence-electron chi connectivity index (χ4n) is 3.08. The fraction of sp³-hybridized carbons (Fsp3) is 0.600. The van der Waals surface area contributed by atoms with Crippen molar-refractivity contribution in [2.75, 3.05) is 0 Å². The molecule has 6 heteroatoms. The molecular weight excluding hydrogens is 333 g/mol. The van der Waals surface area contributed by atoms with Crippen LogP contribution in [0.5, 0.6) is 0 Å². The molecule has 0 aromatic heterocycles. The molecule has 88 valence electrons. The van der Waals surface area contributed by atoms with E-state index >= 15 is 0 Å². The number of fused-ring (bicyclic) bond motifs is 5. The molecule has 16 heavy (non-hydrogen) atoms. The van der Waals surface area contributed by atoms with Crippen molar-refractivity contribution in [1.29, 1.82) is 0 Å². The number of halogens is 6. The van der Waals surface area contributed by atoms with Crippen LogP contribution in [-0.4, -0.2) is 14.1 Å². The van der Waals surface area contributed by atoms with Crippen molar-refractivity contribution in [1.82, 2.24) is 0 Å². The van der Waals surface area contributed by atoms with E-state index in [4.69, 9.17) is 69.6 Å². The second kappa shape index (κ2) is 3.21. The molecule has 1 saturated carbocycles. The molecule has 3 rings (SSSR count). The number of hydrogen-bond acceptors (Lipinski definition) is 0. The van der Waals surface area contributed by atoms with Gasteiger partial charge >= 0.3 is 0 Å². The zero-order chi connectivity index (χ0) is 11.9. The summed E-state index contributed by atoms with van der Waals surface area (Å²) in [5.74, 6) is -0.0478. The maximum atomic E-state index is 6.56. The predicted octanol–water partition coefficient (Wildman–Crippen LogP) is 5.02. The molecule has 1 fully saturated rings. The van der Waals surface area contributed by atoms with E-state index in [9.17, 15) is 0 Å². The topological polar surface area (TPSA) is 0 Å². The highest BCUT2D eigenvalue weighted by molar-refractivity contribution is 6.65. The van der Waals surface area contributed by atoms with E-state index in [-0.39, 0.29) is 16.9 Å². The smallest absolute Gasteiger partial charge is 0.109 e. The van der Waals surface area contributed by atoms with Crippen molar-refractivity contribution in [2.24, 2.45) is 11.8 Å². The van der Waals surface area contributed by atoms with Gasteiger partial charge in [-0.2, -0.15) is 0 Å². The van der Waals surface area contributed by atoms with Gasteiger partial charge in [0.15, 0.2) is 4.33 Å². The average molecular weight is 339 g/mol. The Bertz CT molecular complexity index is 439. The van der Waals surface area contributed by atoms with Crippen LogP contribution in [-0.2, 0) is 0 Å². The molecule has 3 aliphatic rings. The standard InChI is InChI=1S/C10H6Cl6/c11-6-7(12)9(14)5-3-1-2-4(5)8(6,13)10(9,15)16/h1-2,4-5H,3H2/t4-,5+,8+,9+/m1/s1. The molecule has 3 aliphatic carbocycles. The molecule has 0 aliphatic heterocycles. The number of hydrogen-bond donors (Lipinski definition) is 0. The van der Waals surface area contributed by atoms with Crippen LogP contribution in [0.4, 0.5) is 0 Å². The third-order valence-corrected chi connectivity index (χ3v) is 8.20. The second-order valence-electron chi connectivity index (χ2n) is 4.42. The Morgan fingerprint density at radius 3 is 2.19 bits per heavy atom. The Morgan fingerprint density at radius 1 is 1.00 bits per heavy atom. The van der Waals surface area contributed by atoms with Crippen LogP contribution in [0.15, 0.2) is 22.2 Å². The van der Waals surface area contributed by atoms with E-state index in [1.165, 1.54) is 0 Å². The van der Waals surface area contributed by atoms with Gasteiger partial charge in [-0.25, -0.2) is 0 Å². The van der Waals surface area contributed by atoms with Crippen LogP contribution >= 0.6 is 69.6 Å². The minimum Gasteiger partial charge on any atom is -0.109 e. The summed E-state index contributed by atoms with van der Waals surface area (Å²) >= 11 is 38.2. The van der Waals surface area contributed by atoms with Crippen molar-refractivity contribution in [2.45, 2.75) is 20.5 Å². The lowest BCUT2D eigenvalue weighted by Gasteiger charge is -2.33. The summed E-state index contributed by atoms with van der Waals surface area (Å²) in [6.45, 7) is 0. The largest absolute Gasteiger partial charge is 0.167 e. The van der Waals surface area contributed by atoms with E-state index in [1.807, 2.05) is 12.2 Å². The molecule has 0 spiro atoms. The SMILES string of the molecule is ClC1=C(Cl)[C@@]2(Cl)[C@H]3CC=C[C@H]3[C@@]1(Cl)C2(Cl)Cl. The van der Waals surface area contributed by atoms with Crippen molar-refractivity contribution < 1.29 is 0 Å². The Labute approximate surface area is 123 Å². The average Bonchev–Trinajstić information content (AvgIpc) is 2.78. The second-order valence-corrected chi connectivity index (χ2v) is 7.70. The van der Waals surface area contributed by atoms with E-state index in [1.54, 1.807) is 0 Å². The molecule has 0 nitrogen and oxygen atoms in total. The van der Waals surface area contributed by atoms with Crippen molar-refractivity contribution in [3.63, 3.8) is 0 Å². The molecule has 0 aromatic rings. The van der Waals surface area contributed by atoms with Gasteiger partial charge in [0.25, 0.3) is 0 Å². The first-order chi connectivity index (χ1) is 7.29. The Morgan fingerprint density at radius 2 is 1.56 bits per heavy atom. The van der Waals surface area contributed by atoms with E-state index < -0.39 is 14.1 Å². The first-order valence-corrected chi connectivity index (χ1v) is 7.05. The predicted molar refractivity (Wildman–Crippen MR) is 71.1 cm³/mol. The Hall–Kier alpha value is 1.22. The molecular formula is C10H6Cl6. The van der Waals surface area contributed by atoms with Crippen LogP contribution in [0.2, 0.25) is 0 Å². The van der Waals surface area contributed by atoms with Crippen molar-refractivity contribution >= 4 is 69.6 Å². The Balaban J connectivity index is 2.32. The van der Waals surface area contributed by atoms with E-state index in [0.717, 1.165) is 6.42 Å². The lowest BCUT2D eigenvalue weighted by Crippen LogP contribution is -2.44. The molecule has 0 saturated heterocycles.